The minimum absolute atomic E-state index is 0.0837. The molecule has 0 atom stereocenters. The fourth-order valence-corrected chi connectivity index (χ4v) is 2.41. The third kappa shape index (κ3) is 5.34. The van der Waals surface area contributed by atoms with Gasteiger partial charge in [-0.05, 0) is 58.3 Å². The number of benzene rings is 2. The highest BCUT2D eigenvalue weighted by molar-refractivity contribution is 14.1. The quantitative estimate of drug-likeness (QED) is 0.461. The van der Waals surface area contributed by atoms with E-state index in [2.05, 4.69) is 10.8 Å². The zero-order chi connectivity index (χ0) is 19.5. The molecule has 0 heterocycles. The maximum atomic E-state index is 14.2. The molecule has 0 bridgehead atoms. The number of hydrogen-bond acceptors (Lipinski definition) is 3. The van der Waals surface area contributed by atoms with Crippen molar-refractivity contribution in [3.63, 3.8) is 0 Å². The van der Waals surface area contributed by atoms with Crippen molar-refractivity contribution >= 4 is 39.9 Å². The van der Waals surface area contributed by atoms with Crippen molar-refractivity contribution in [1.82, 2.24) is 5.48 Å². The highest BCUT2D eigenvalue weighted by Gasteiger charge is 2.21. The second-order valence-corrected chi connectivity index (χ2v) is 8.06. The Bertz CT molecular complexity index is 823. The highest BCUT2D eigenvalue weighted by atomic mass is 127. The van der Waals surface area contributed by atoms with Crippen LogP contribution in [0.5, 0.6) is 0 Å². The number of amides is 1. The fraction of sp³-hybridized carbons (Fsp3) is 0.278. The molecule has 0 fully saturated rings. The van der Waals surface area contributed by atoms with Crippen LogP contribution in [-0.2, 0) is 4.84 Å². The predicted molar refractivity (Wildman–Crippen MR) is 102 cm³/mol. The normalized spacial score (nSPS) is 11.3. The molecular formula is C18H18F3IN2O2. The summed E-state index contributed by atoms with van der Waals surface area (Å²) in [5, 5.41) is 2.45. The summed E-state index contributed by atoms with van der Waals surface area (Å²) < 4.78 is 42.5. The van der Waals surface area contributed by atoms with Crippen LogP contribution in [0.3, 0.4) is 0 Å². The Hall–Kier alpha value is -1.81. The van der Waals surface area contributed by atoms with E-state index in [-0.39, 0.29) is 23.3 Å². The van der Waals surface area contributed by atoms with Crippen LogP contribution in [0, 0.1) is 26.4 Å². The van der Waals surface area contributed by atoms with E-state index in [1.807, 2.05) is 43.4 Å². The van der Waals surface area contributed by atoms with E-state index >= 15 is 0 Å². The van der Waals surface area contributed by atoms with Gasteiger partial charge in [0.25, 0.3) is 5.91 Å². The van der Waals surface area contributed by atoms with Gasteiger partial charge in [0.15, 0.2) is 11.6 Å². The van der Waals surface area contributed by atoms with Gasteiger partial charge in [0.2, 0.25) is 0 Å². The van der Waals surface area contributed by atoms with Crippen molar-refractivity contribution in [2.75, 3.05) is 11.9 Å². The van der Waals surface area contributed by atoms with Crippen LogP contribution in [0.2, 0.25) is 0 Å². The van der Waals surface area contributed by atoms with Gasteiger partial charge in [-0.2, -0.15) is 0 Å². The van der Waals surface area contributed by atoms with Crippen LogP contribution >= 0.6 is 22.6 Å². The van der Waals surface area contributed by atoms with Gasteiger partial charge in [-0.1, -0.05) is 20.8 Å². The monoisotopic (exact) mass is 478 g/mol. The molecule has 0 saturated carbocycles. The van der Waals surface area contributed by atoms with Crippen molar-refractivity contribution in [2.45, 2.75) is 20.8 Å². The first-order valence-corrected chi connectivity index (χ1v) is 8.78. The van der Waals surface area contributed by atoms with Gasteiger partial charge in [-0.3, -0.25) is 9.63 Å². The van der Waals surface area contributed by atoms with Crippen molar-refractivity contribution < 1.29 is 22.8 Å². The number of halogens is 4. The molecule has 4 nitrogen and oxygen atoms in total. The van der Waals surface area contributed by atoms with Crippen molar-refractivity contribution in [3.8, 4) is 0 Å². The van der Waals surface area contributed by atoms with Gasteiger partial charge in [0.1, 0.15) is 5.82 Å². The first kappa shape index (κ1) is 20.5. The Morgan fingerprint density at radius 1 is 1.12 bits per heavy atom. The standard InChI is InChI=1S/C18H18F3IN2O2/c1-18(2,3)9-26-24-17(25)11-5-6-12(19)15(21)16(11)23-14-7-4-10(22)8-13(14)20/h4-8,23H,9H2,1-3H3,(H,24,25). The Morgan fingerprint density at radius 3 is 2.42 bits per heavy atom. The number of carbonyl (C=O) groups is 1. The molecule has 8 heteroatoms. The first-order valence-electron chi connectivity index (χ1n) is 7.71. The summed E-state index contributed by atoms with van der Waals surface area (Å²) in [6.45, 7) is 5.94. The topological polar surface area (TPSA) is 50.4 Å². The summed E-state index contributed by atoms with van der Waals surface area (Å²) in [6.07, 6.45) is 0. The van der Waals surface area contributed by atoms with E-state index in [0.717, 1.165) is 12.1 Å². The summed E-state index contributed by atoms with van der Waals surface area (Å²) in [7, 11) is 0. The van der Waals surface area contributed by atoms with E-state index in [1.54, 1.807) is 6.07 Å². The molecule has 0 saturated heterocycles. The molecule has 0 aliphatic heterocycles. The predicted octanol–water partition coefficient (Wildman–Crippen LogP) is 5.16. The maximum Gasteiger partial charge on any atom is 0.277 e. The molecule has 2 N–H and O–H groups in total. The summed E-state index contributed by atoms with van der Waals surface area (Å²) in [6, 6.07) is 6.12. The lowest BCUT2D eigenvalue weighted by atomic mass is 9.99. The Kier molecular flexibility index (Phi) is 6.51. The molecule has 1 amide bonds. The Morgan fingerprint density at radius 2 is 1.81 bits per heavy atom. The number of hydroxylamine groups is 1. The second-order valence-electron chi connectivity index (χ2n) is 6.81. The van der Waals surface area contributed by atoms with Gasteiger partial charge in [0, 0.05) is 3.57 Å². The highest BCUT2D eigenvalue weighted by Crippen LogP contribution is 2.28. The van der Waals surface area contributed by atoms with Gasteiger partial charge < -0.3 is 5.32 Å². The molecule has 0 aliphatic rings. The fourth-order valence-electron chi connectivity index (χ4n) is 1.96. The smallest absolute Gasteiger partial charge is 0.277 e. The summed E-state index contributed by atoms with van der Waals surface area (Å²) in [5.74, 6) is -3.88. The number of nitrogens with one attached hydrogen (secondary N) is 2. The van der Waals surface area contributed by atoms with Crippen molar-refractivity contribution in [3.05, 3.63) is 56.9 Å². The summed E-state index contributed by atoms with van der Waals surface area (Å²) in [4.78, 5) is 17.4. The first-order chi connectivity index (χ1) is 12.1. The zero-order valence-corrected chi connectivity index (χ0v) is 16.6. The molecule has 2 aromatic rings. The molecule has 2 rings (SSSR count). The number of carbonyl (C=O) groups excluding carboxylic acids is 1. The van der Waals surface area contributed by atoms with Gasteiger partial charge in [-0.15, -0.1) is 0 Å². The molecule has 0 radical (unpaired) electrons. The van der Waals surface area contributed by atoms with Crippen LogP contribution in [-0.4, -0.2) is 12.5 Å². The minimum atomic E-state index is -1.29. The van der Waals surface area contributed by atoms with Crippen molar-refractivity contribution in [1.29, 1.82) is 0 Å². The molecule has 26 heavy (non-hydrogen) atoms. The minimum Gasteiger partial charge on any atom is -0.350 e. The van der Waals surface area contributed by atoms with E-state index in [4.69, 9.17) is 4.84 Å². The van der Waals surface area contributed by atoms with Crippen LogP contribution < -0.4 is 10.8 Å². The molecule has 0 unspecified atom stereocenters. The lowest BCUT2D eigenvalue weighted by Crippen LogP contribution is -2.29. The van der Waals surface area contributed by atoms with E-state index in [0.29, 0.717) is 3.57 Å². The van der Waals surface area contributed by atoms with E-state index < -0.39 is 29.0 Å². The van der Waals surface area contributed by atoms with Crippen LogP contribution in [0.1, 0.15) is 31.1 Å². The average molecular weight is 478 g/mol. The van der Waals surface area contributed by atoms with Crippen LogP contribution in [0.4, 0.5) is 24.5 Å². The van der Waals surface area contributed by atoms with E-state index in [9.17, 15) is 18.0 Å². The van der Waals surface area contributed by atoms with Crippen LogP contribution in [0.15, 0.2) is 30.3 Å². The second kappa shape index (κ2) is 8.26. The number of hydrogen-bond donors (Lipinski definition) is 2. The molecule has 2 aromatic carbocycles. The molecule has 0 spiro atoms. The lowest BCUT2D eigenvalue weighted by Gasteiger charge is -2.18. The molecule has 0 aromatic heterocycles. The van der Waals surface area contributed by atoms with Crippen molar-refractivity contribution in [2.24, 2.45) is 5.41 Å². The molecular weight excluding hydrogens is 460 g/mol. The number of anilines is 2. The van der Waals surface area contributed by atoms with E-state index in [1.165, 1.54) is 12.1 Å². The SMILES string of the molecule is CC(C)(C)CONC(=O)c1ccc(F)c(F)c1Nc1ccc(I)cc1F. The third-order valence-electron chi connectivity index (χ3n) is 3.20. The Balaban J connectivity index is 2.30. The summed E-state index contributed by atoms with van der Waals surface area (Å²) in [5.41, 5.74) is 1.22. The molecule has 140 valence electrons. The third-order valence-corrected chi connectivity index (χ3v) is 3.87. The maximum absolute atomic E-state index is 14.2. The Labute approximate surface area is 163 Å². The van der Waals surface area contributed by atoms with Crippen LogP contribution in [0.25, 0.3) is 0 Å². The molecule has 0 aliphatic carbocycles. The largest absolute Gasteiger partial charge is 0.350 e. The average Bonchev–Trinajstić information content (AvgIpc) is 2.52. The van der Waals surface area contributed by atoms with Gasteiger partial charge in [-0.25, -0.2) is 18.7 Å². The zero-order valence-electron chi connectivity index (χ0n) is 14.4. The number of rotatable bonds is 5. The van der Waals surface area contributed by atoms with Gasteiger partial charge >= 0.3 is 0 Å². The summed E-state index contributed by atoms with van der Waals surface area (Å²) >= 11 is 1.92. The lowest BCUT2D eigenvalue weighted by molar-refractivity contribution is 0.00168. The van der Waals surface area contributed by atoms with Gasteiger partial charge in [0.05, 0.1) is 23.5 Å².